The molecule has 0 spiro atoms. The van der Waals surface area contributed by atoms with Crippen LogP contribution in [0.4, 0.5) is 0 Å². The van der Waals surface area contributed by atoms with Gasteiger partial charge in [-0.15, -0.1) is 0 Å². The van der Waals surface area contributed by atoms with Gasteiger partial charge in [-0.1, -0.05) is 25.2 Å². The molecule has 0 heterocycles. The van der Waals surface area contributed by atoms with Crippen LogP contribution in [-0.2, 0) is 0 Å². The van der Waals surface area contributed by atoms with Crippen LogP contribution >= 0.6 is 0 Å². The fraction of sp³-hybridized carbons (Fsp3) is 0.250. The van der Waals surface area contributed by atoms with Crippen LogP contribution in [-0.4, -0.2) is 19.0 Å². The molecular formula is C8H12O2Si. The third kappa shape index (κ3) is 1.54. The van der Waals surface area contributed by atoms with E-state index >= 15 is 0 Å². The van der Waals surface area contributed by atoms with Crippen molar-refractivity contribution in [1.82, 2.24) is 0 Å². The molecule has 2 nitrogen and oxygen atoms in total. The fourth-order valence-electron chi connectivity index (χ4n) is 1.01. The topological polar surface area (TPSA) is 40.5 Å². The van der Waals surface area contributed by atoms with E-state index in [0.29, 0.717) is 0 Å². The van der Waals surface area contributed by atoms with Crippen molar-refractivity contribution in [2.45, 2.75) is 13.1 Å². The Labute approximate surface area is 67.7 Å². The van der Waals surface area contributed by atoms with Crippen LogP contribution in [0.1, 0.15) is 0 Å². The van der Waals surface area contributed by atoms with Gasteiger partial charge in [0, 0.05) is 0 Å². The molecule has 1 aromatic carbocycles. The van der Waals surface area contributed by atoms with E-state index < -0.39 is 8.80 Å². The maximum Gasteiger partial charge on any atom is 0.157 e. The van der Waals surface area contributed by atoms with Crippen molar-refractivity contribution in [3.05, 3.63) is 18.2 Å². The molecule has 0 radical (unpaired) electrons. The second-order valence-corrected chi connectivity index (χ2v) is 5.80. The van der Waals surface area contributed by atoms with E-state index in [1.165, 1.54) is 6.07 Å². The van der Waals surface area contributed by atoms with Gasteiger partial charge in [-0.2, -0.15) is 0 Å². The Hall–Kier alpha value is -0.963. The summed E-state index contributed by atoms with van der Waals surface area (Å²) >= 11 is 0. The number of para-hydroxylation sites is 1. The lowest BCUT2D eigenvalue weighted by molar-refractivity contribution is 0.406. The predicted molar refractivity (Wildman–Crippen MR) is 48.3 cm³/mol. The summed E-state index contributed by atoms with van der Waals surface area (Å²) in [6.07, 6.45) is 0. The lowest BCUT2D eigenvalue weighted by atomic mass is 10.3. The van der Waals surface area contributed by atoms with Crippen LogP contribution in [0.3, 0.4) is 0 Å². The largest absolute Gasteiger partial charge is 0.504 e. The summed E-state index contributed by atoms with van der Waals surface area (Å²) in [5.41, 5.74) is 0. The Kier molecular flexibility index (Phi) is 2.19. The van der Waals surface area contributed by atoms with Crippen molar-refractivity contribution >= 4 is 14.0 Å². The summed E-state index contributed by atoms with van der Waals surface area (Å²) in [5, 5.41) is 19.4. The highest BCUT2D eigenvalue weighted by molar-refractivity contribution is 6.71. The molecule has 1 rings (SSSR count). The van der Waals surface area contributed by atoms with Gasteiger partial charge in [-0.25, -0.2) is 0 Å². The molecule has 0 aliphatic carbocycles. The Bertz CT molecular complexity index is 258. The van der Waals surface area contributed by atoms with E-state index in [2.05, 4.69) is 13.1 Å². The average Bonchev–Trinajstić information content (AvgIpc) is 1.94. The first-order valence-electron chi connectivity index (χ1n) is 3.63. The van der Waals surface area contributed by atoms with Gasteiger partial charge in [-0.05, 0) is 11.3 Å². The first kappa shape index (κ1) is 8.14. The van der Waals surface area contributed by atoms with Gasteiger partial charge in [0.05, 0.1) is 8.80 Å². The van der Waals surface area contributed by atoms with Crippen molar-refractivity contribution in [3.63, 3.8) is 0 Å². The number of phenolic OH excluding ortho intramolecular Hbond substituents is 2. The third-order valence-electron chi connectivity index (χ3n) is 1.67. The molecule has 0 fully saturated rings. The third-order valence-corrected chi connectivity index (χ3v) is 3.38. The molecule has 0 saturated heterocycles. The number of benzene rings is 1. The van der Waals surface area contributed by atoms with Crippen LogP contribution in [0, 0.1) is 0 Å². The fourth-order valence-corrected chi connectivity index (χ4v) is 2.21. The minimum Gasteiger partial charge on any atom is -0.504 e. The molecule has 3 heteroatoms. The van der Waals surface area contributed by atoms with E-state index in [1.54, 1.807) is 6.07 Å². The molecule has 0 aromatic heterocycles. The zero-order valence-electron chi connectivity index (χ0n) is 6.70. The molecule has 11 heavy (non-hydrogen) atoms. The molecule has 0 unspecified atom stereocenters. The van der Waals surface area contributed by atoms with Gasteiger partial charge in [0.25, 0.3) is 0 Å². The number of hydrogen-bond acceptors (Lipinski definition) is 2. The predicted octanol–water partition coefficient (Wildman–Crippen LogP) is 0.791. The summed E-state index contributed by atoms with van der Waals surface area (Å²) in [5.74, 6) is 0.0536. The van der Waals surface area contributed by atoms with Gasteiger partial charge in [-0.3, -0.25) is 0 Å². The Balaban J connectivity index is 3.17. The number of aromatic hydroxyl groups is 2. The normalized spacial score (nSPS) is 10.5. The first-order valence-corrected chi connectivity index (χ1v) is 6.52. The van der Waals surface area contributed by atoms with Crippen molar-refractivity contribution in [2.24, 2.45) is 0 Å². The molecule has 0 aliphatic rings. The van der Waals surface area contributed by atoms with Crippen LogP contribution in [0.2, 0.25) is 13.1 Å². The van der Waals surface area contributed by atoms with Crippen LogP contribution in [0.15, 0.2) is 18.2 Å². The lowest BCUT2D eigenvalue weighted by Crippen LogP contribution is -2.22. The number of phenols is 2. The molecule has 1 aromatic rings. The molecule has 2 N–H and O–H groups in total. The van der Waals surface area contributed by atoms with E-state index in [9.17, 15) is 5.11 Å². The minimum absolute atomic E-state index is 0.0105. The molecule has 60 valence electrons. The van der Waals surface area contributed by atoms with Crippen molar-refractivity contribution in [3.8, 4) is 11.5 Å². The van der Waals surface area contributed by atoms with Gasteiger partial charge >= 0.3 is 0 Å². The number of hydrogen-bond donors (Lipinski definition) is 2. The van der Waals surface area contributed by atoms with Gasteiger partial charge in [0.1, 0.15) is 0 Å². The molecular weight excluding hydrogens is 156 g/mol. The van der Waals surface area contributed by atoms with Crippen LogP contribution in [0.25, 0.3) is 0 Å². The van der Waals surface area contributed by atoms with E-state index in [4.69, 9.17) is 5.11 Å². The Morgan fingerprint density at radius 2 is 1.82 bits per heavy atom. The highest BCUT2D eigenvalue weighted by atomic mass is 28.3. The second kappa shape index (κ2) is 2.96. The van der Waals surface area contributed by atoms with E-state index in [0.717, 1.165) is 5.19 Å². The summed E-state index contributed by atoms with van der Waals surface area (Å²) < 4.78 is 0. The minimum atomic E-state index is -1.01. The number of rotatable bonds is 1. The lowest BCUT2D eigenvalue weighted by Gasteiger charge is -2.07. The Morgan fingerprint density at radius 1 is 1.18 bits per heavy atom. The van der Waals surface area contributed by atoms with Crippen LogP contribution in [0.5, 0.6) is 11.5 Å². The van der Waals surface area contributed by atoms with Crippen molar-refractivity contribution in [1.29, 1.82) is 0 Å². The average molecular weight is 168 g/mol. The molecule has 0 saturated carbocycles. The van der Waals surface area contributed by atoms with Gasteiger partial charge < -0.3 is 10.2 Å². The SMILES string of the molecule is C[SiH](C)c1cccc(O)c1O. The quantitative estimate of drug-likeness (QED) is 0.481. The van der Waals surface area contributed by atoms with Crippen LogP contribution < -0.4 is 5.19 Å². The van der Waals surface area contributed by atoms with Crippen molar-refractivity contribution in [2.75, 3.05) is 0 Å². The van der Waals surface area contributed by atoms with E-state index in [-0.39, 0.29) is 11.5 Å². The second-order valence-electron chi connectivity index (χ2n) is 2.87. The summed E-state index contributed by atoms with van der Waals surface area (Å²) in [4.78, 5) is 0. The molecule has 0 atom stereocenters. The van der Waals surface area contributed by atoms with Gasteiger partial charge in [0.2, 0.25) is 0 Å². The molecule has 0 aliphatic heterocycles. The molecule has 0 amide bonds. The summed E-state index contributed by atoms with van der Waals surface area (Å²) in [6, 6.07) is 5.12. The van der Waals surface area contributed by atoms with E-state index in [1.807, 2.05) is 6.07 Å². The standard InChI is InChI=1S/C8H12O2Si/c1-11(2)7-5-3-4-6(9)8(7)10/h3-5,9-11H,1-2H3. The summed E-state index contributed by atoms with van der Waals surface area (Å²) in [7, 11) is -1.01. The summed E-state index contributed by atoms with van der Waals surface area (Å²) in [6.45, 7) is 4.21. The monoisotopic (exact) mass is 168 g/mol. The molecule has 0 bridgehead atoms. The van der Waals surface area contributed by atoms with Gasteiger partial charge in [0.15, 0.2) is 11.5 Å². The smallest absolute Gasteiger partial charge is 0.157 e. The maximum atomic E-state index is 9.35. The zero-order chi connectivity index (χ0) is 8.43. The first-order chi connectivity index (χ1) is 5.13. The zero-order valence-corrected chi connectivity index (χ0v) is 7.86. The Morgan fingerprint density at radius 3 is 2.27 bits per heavy atom. The highest BCUT2D eigenvalue weighted by Crippen LogP contribution is 2.20. The highest BCUT2D eigenvalue weighted by Gasteiger charge is 2.08. The van der Waals surface area contributed by atoms with Crippen molar-refractivity contribution < 1.29 is 10.2 Å². The maximum absolute atomic E-state index is 9.35.